The van der Waals surface area contributed by atoms with Gasteiger partial charge >= 0.3 is 0 Å². The number of aromatic hydroxyl groups is 1. The number of hydrogen-bond acceptors (Lipinski definition) is 3. The van der Waals surface area contributed by atoms with Crippen molar-refractivity contribution in [1.82, 2.24) is 0 Å². The van der Waals surface area contributed by atoms with Crippen LogP contribution in [0.1, 0.15) is 13.3 Å². The Hall–Kier alpha value is -1.55. The lowest BCUT2D eigenvalue weighted by atomic mass is 10.3. The van der Waals surface area contributed by atoms with E-state index >= 15 is 0 Å². The Morgan fingerprint density at radius 2 is 2.07 bits per heavy atom. The molecule has 4 heteroatoms. The number of amides is 1. The Morgan fingerprint density at radius 1 is 1.40 bits per heavy atom. The average Bonchev–Trinajstić information content (AvgIpc) is 2.22. The summed E-state index contributed by atoms with van der Waals surface area (Å²) in [5, 5.41) is 11.7. The molecule has 0 aliphatic rings. The van der Waals surface area contributed by atoms with Gasteiger partial charge in [0.05, 0.1) is 13.0 Å². The van der Waals surface area contributed by atoms with Crippen LogP contribution in [0.4, 0.5) is 5.69 Å². The van der Waals surface area contributed by atoms with Crippen molar-refractivity contribution in [3.05, 3.63) is 24.3 Å². The summed E-state index contributed by atoms with van der Waals surface area (Å²) in [7, 11) is 0. The molecule has 0 radical (unpaired) electrons. The quantitative estimate of drug-likeness (QED) is 0.573. The maximum atomic E-state index is 11.3. The predicted molar refractivity (Wildman–Crippen MR) is 57.8 cm³/mol. The standard InChI is InChI=1S/C11H15NO3/c1-2-15-8-7-11(14)12-9-3-5-10(13)6-4-9/h3-6,13H,2,7-8H2,1H3,(H,12,14). The van der Waals surface area contributed by atoms with Crippen LogP contribution in [0.2, 0.25) is 0 Å². The van der Waals surface area contributed by atoms with Gasteiger partial charge in [-0.2, -0.15) is 0 Å². The Bertz CT molecular complexity index is 308. The minimum Gasteiger partial charge on any atom is -0.508 e. The number of carbonyl (C=O) groups excluding carboxylic acids is 1. The van der Waals surface area contributed by atoms with Crippen LogP contribution in [-0.4, -0.2) is 24.2 Å². The van der Waals surface area contributed by atoms with Crippen LogP contribution in [-0.2, 0) is 9.53 Å². The molecular weight excluding hydrogens is 194 g/mol. The highest BCUT2D eigenvalue weighted by molar-refractivity contribution is 5.90. The van der Waals surface area contributed by atoms with Crippen molar-refractivity contribution < 1.29 is 14.6 Å². The number of rotatable bonds is 5. The van der Waals surface area contributed by atoms with E-state index in [4.69, 9.17) is 9.84 Å². The molecule has 0 saturated carbocycles. The number of phenolic OH excluding ortho intramolecular Hbond substituents is 1. The molecule has 0 aromatic heterocycles. The lowest BCUT2D eigenvalue weighted by Crippen LogP contribution is -2.13. The van der Waals surface area contributed by atoms with Crippen molar-refractivity contribution in [3.63, 3.8) is 0 Å². The summed E-state index contributed by atoms with van der Waals surface area (Å²) in [5.74, 6) is 0.0939. The van der Waals surface area contributed by atoms with Crippen molar-refractivity contribution in [2.75, 3.05) is 18.5 Å². The summed E-state index contributed by atoms with van der Waals surface area (Å²) in [6.07, 6.45) is 0.342. The Morgan fingerprint density at radius 3 is 2.67 bits per heavy atom. The zero-order valence-electron chi connectivity index (χ0n) is 8.69. The van der Waals surface area contributed by atoms with E-state index in [2.05, 4.69) is 5.32 Å². The van der Waals surface area contributed by atoms with Crippen LogP contribution in [0.5, 0.6) is 5.75 Å². The summed E-state index contributed by atoms with van der Waals surface area (Å²) in [6, 6.07) is 6.35. The molecule has 0 atom stereocenters. The van der Waals surface area contributed by atoms with Crippen molar-refractivity contribution in [2.24, 2.45) is 0 Å². The fourth-order valence-electron chi connectivity index (χ4n) is 1.08. The third kappa shape index (κ3) is 4.46. The molecule has 1 rings (SSSR count). The van der Waals surface area contributed by atoms with E-state index < -0.39 is 0 Å². The fourth-order valence-corrected chi connectivity index (χ4v) is 1.08. The minimum absolute atomic E-state index is 0.0888. The molecule has 0 unspecified atom stereocenters. The molecule has 0 saturated heterocycles. The molecule has 4 nitrogen and oxygen atoms in total. The first-order valence-corrected chi connectivity index (χ1v) is 4.89. The van der Waals surface area contributed by atoms with Crippen LogP contribution >= 0.6 is 0 Å². The van der Waals surface area contributed by atoms with Crippen LogP contribution < -0.4 is 5.32 Å². The maximum Gasteiger partial charge on any atom is 0.226 e. The number of carbonyl (C=O) groups is 1. The van der Waals surface area contributed by atoms with Gasteiger partial charge in [0.2, 0.25) is 5.91 Å². The molecule has 0 heterocycles. The molecule has 0 bridgehead atoms. The van der Waals surface area contributed by atoms with E-state index in [-0.39, 0.29) is 11.7 Å². The molecule has 0 spiro atoms. The van der Waals surface area contributed by atoms with Gasteiger partial charge in [-0.15, -0.1) is 0 Å². The molecule has 2 N–H and O–H groups in total. The third-order valence-electron chi connectivity index (χ3n) is 1.83. The number of anilines is 1. The molecule has 1 amide bonds. The van der Waals surface area contributed by atoms with Gasteiger partial charge in [0.25, 0.3) is 0 Å². The van der Waals surface area contributed by atoms with E-state index in [1.54, 1.807) is 12.1 Å². The molecule has 1 aromatic carbocycles. The number of ether oxygens (including phenoxy) is 1. The Balaban J connectivity index is 2.34. The third-order valence-corrected chi connectivity index (χ3v) is 1.83. The van der Waals surface area contributed by atoms with Crippen LogP contribution in [0.25, 0.3) is 0 Å². The Labute approximate surface area is 88.9 Å². The van der Waals surface area contributed by atoms with E-state index in [1.807, 2.05) is 6.92 Å². The van der Waals surface area contributed by atoms with Gasteiger partial charge in [0, 0.05) is 12.3 Å². The van der Waals surface area contributed by atoms with Crippen molar-refractivity contribution in [1.29, 1.82) is 0 Å². The predicted octanol–water partition coefficient (Wildman–Crippen LogP) is 1.76. The number of phenols is 1. The second-order valence-corrected chi connectivity index (χ2v) is 3.04. The van der Waals surface area contributed by atoms with Crippen molar-refractivity contribution in [3.8, 4) is 5.75 Å². The highest BCUT2D eigenvalue weighted by atomic mass is 16.5. The monoisotopic (exact) mass is 209 g/mol. The van der Waals surface area contributed by atoms with Gasteiger partial charge < -0.3 is 15.2 Å². The lowest BCUT2D eigenvalue weighted by Gasteiger charge is -2.05. The molecular formula is C11H15NO3. The maximum absolute atomic E-state index is 11.3. The molecule has 0 fully saturated rings. The first-order chi connectivity index (χ1) is 7.22. The first-order valence-electron chi connectivity index (χ1n) is 4.89. The van der Waals surface area contributed by atoms with Crippen LogP contribution in [0, 0.1) is 0 Å². The van der Waals surface area contributed by atoms with Crippen molar-refractivity contribution >= 4 is 11.6 Å². The van der Waals surface area contributed by atoms with Crippen LogP contribution in [0.15, 0.2) is 24.3 Å². The molecule has 15 heavy (non-hydrogen) atoms. The summed E-state index contributed by atoms with van der Waals surface area (Å²) >= 11 is 0. The molecule has 0 aliphatic carbocycles. The summed E-state index contributed by atoms with van der Waals surface area (Å²) in [5.41, 5.74) is 0.675. The SMILES string of the molecule is CCOCCC(=O)Nc1ccc(O)cc1. The topological polar surface area (TPSA) is 58.6 Å². The zero-order chi connectivity index (χ0) is 11.1. The van der Waals surface area contributed by atoms with E-state index in [9.17, 15) is 4.79 Å². The van der Waals surface area contributed by atoms with E-state index in [0.717, 1.165) is 0 Å². The molecule has 0 aliphatic heterocycles. The normalized spacial score (nSPS) is 9.93. The van der Waals surface area contributed by atoms with Gasteiger partial charge in [-0.05, 0) is 31.2 Å². The second-order valence-electron chi connectivity index (χ2n) is 3.04. The summed E-state index contributed by atoms with van der Waals surface area (Å²) in [6.45, 7) is 2.94. The summed E-state index contributed by atoms with van der Waals surface area (Å²) in [4.78, 5) is 11.3. The average molecular weight is 209 g/mol. The largest absolute Gasteiger partial charge is 0.508 e. The first kappa shape index (κ1) is 11.5. The van der Waals surface area contributed by atoms with Gasteiger partial charge in [0.1, 0.15) is 5.75 Å². The van der Waals surface area contributed by atoms with E-state index in [1.165, 1.54) is 12.1 Å². The molecule has 82 valence electrons. The van der Waals surface area contributed by atoms with Crippen molar-refractivity contribution in [2.45, 2.75) is 13.3 Å². The number of benzene rings is 1. The molecule has 1 aromatic rings. The zero-order valence-corrected chi connectivity index (χ0v) is 8.69. The Kier molecular flexibility index (Phi) is 4.63. The number of nitrogens with one attached hydrogen (secondary N) is 1. The van der Waals surface area contributed by atoms with E-state index in [0.29, 0.717) is 25.3 Å². The second kappa shape index (κ2) is 6.03. The van der Waals surface area contributed by atoms with Gasteiger partial charge in [-0.1, -0.05) is 0 Å². The van der Waals surface area contributed by atoms with Gasteiger partial charge in [0.15, 0.2) is 0 Å². The fraction of sp³-hybridized carbons (Fsp3) is 0.364. The van der Waals surface area contributed by atoms with Crippen LogP contribution in [0.3, 0.4) is 0 Å². The smallest absolute Gasteiger partial charge is 0.226 e. The van der Waals surface area contributed by atoms with Gasteiger partial charge in [-0.25, -0.2) is 0 Å². The summed E-state index contributed by atoms with van der Waals surface area (Å²) < 4.78 is 5.06. The highest BCUT2D eigenvalue weighted by Crippen LogP contribution is 2.13. The highest BCUT2D eigenvalue weighted by Gasteiger charge is 2.01. The minimum atomic E-state index is -0.0888. The van der Waals surface area contributed by atoms with Gasteiger partial charge in [-0.3, -0.25) is 4.79 Å². The lowest BCUT2D eigenvalue weighted by molar-refractivity contribution is -0.117. The number of hydrogen-bond donors (Lipinski definition) is 2.